The van der Waals surface area contributed by atoms with Crippen LogP contribution < -0.4 is 11.1 Å². The van der Waals surface area contributed by atoms with Crippen LogP contribution in [0.1, 0.15) is 47.2 Å². The maximum Gasteiger partial charge on any atom is 0.255 e. The third-order valence-corrected chi connectivity index (χ3v) is 7.05. The zero-order valence-electron chi connectivity index (χ0n) is 15.9. The Hall–Kier alpha value is -2.25. The van der Waals surface area contributed by atoms with Crippen molar-refractivity contribution < 1.29 is 14.4 Å². The molecule has 148 valence electrons. The Kier molecular flexibility index (Phi) is 4.07. The molecule has 1 aromatic carbocycles. The molecule has 5 rings (SSSR count). The maximum absolute atomic E-state index is 12.8. The zero-order chi connectivity index (χ0) is 19.5. The summed E-state index contributed by atoms with van der Waals surface area (Å²) in [5, 5.41) is 2.35. The van der Waals surface area contributed by atoms with E-state index in [9.17, 15) is 14.4 Å². The van der Waals surface area contributed by atoms with Crippen LogP contribution in [-0.2, 0) is 22.7 Å². The Labute approximate surface area is 164 Å². The Bertz CT molecular complexity index is 863. The second kappa shape index (κ2) is 6.39. The fourth-order valence-corrected chi connectivity index (χ4v) is 5.30. The number of nitrogens with one attached hydrogen (secondary N) is 1. The lowest BCUT2D eigenvalue weighted by atomic mass is 9.93. The van der Waals surface area contributed by atoms with Crippen LogP contribution in [0.2, 0.25) is 0 Å². The Balaban J connectivity index is 1.29. The summed E-state index contributed by atoms with van der Waals surface area (Å²) in [6, 6.07) is 5.47. The SMILES string of the molecule is NCC1CN(Cc2ccc3c(c2)CN(C2CCC(=O)NC2=O)C3=O)CC12CC2. The molecule has 7 heteroatoms. The van der Waals surface area contributed by atoms with E-state index in [4.69, 9.17) is 5.73 Å². The molecule has 7 nitrogen and oxygen atoms in total. The highest BCUT2D eigenvalue weighted by molar-refractivity contribution is 6.05. The van der Waals surface area contributed by atoms with Crippen molar-refractivity contribution in [2.45, 2.75) is 44.8 Å². The van der Waals surface area contributed by atoms with E-state index in [1.54, 1.807) is 4.90 Å². The minimum absolute atomic E-state index is 0.114. The van der Waals surface area contributed by atoms with Crippen molar-refractivity contribution in [3.63, 3.8) is 0 Å². The molecule has 1 saturated carbocycles. The van der Waals surface area contributed by atoms with E-state index in [1.807, 2.05) is 12.1 Å². The molecule has 3 aliphatic heterocycles. The van der Waals surface area contributed by atoms with Crippen molar-refractivity contribution in [2.75, 3.05) is 19.6 Å². The number of imide groups is 1. The van der Waals surface area contributed by atoms with Crippen molar-refractivity contribution in [1.82, 2.24) is 15.1 Å². The molecule has 2 saturated heterocycles. The molecular formula is C21H26N4O3. The fourth-order valence-electron chi connectivity index (χ4n) is 5.30. The van der Waals surface area contributed by atoms with Crippen LogP contribution in [0.4, 0.5) is 0 Å². The summed E-state index contributed by atoms with van der Waals surface area (Å²) >= 11 is 0. The third kappa shape index (κ3) is 2.84. The van der Waals surface area contributed by atoms with Crippen molar-refractivity contribution in [3.8, 4) is 0 Å². The average Bonchev–Trinajstić information content (AvgIpc) is 3.25. The molecular weight excluding hydrogens is 356 g/mol. The zero-order valence-corrected chi connectivity index (χ0v) is 15.9. The van der Waals surface area contributed by atoms with E-state index >= 15 is 0 Å². The summed E-state index contributed by atoms with van der Waals surface area (Å²) in [5.74, 6) is -0.136. The Morgan fingerprint density at radius 1 is 1.21 bits per heavy atom. The highest BCUT2D eigenvalue weighted by atomic mass is 16.2. The molecule has 0 aromatic heterocycles. The van der Waals surface area contributed by atoms with Gasteiger partial charge in [-0.15, -0.1) is 0 Å². The minimum atomic E-state index is -0.556. The van der Waals surface area contributed by atoms with Gasteiger partial charge in [0, 0.05) is 38.2 Å². The molecule has 3 N–H and O–H groups in total. The van der Waals surface area contributed by atoms with Gasteiger partial charge in [0.05, 0.1) is 0 Å². The minimum Gasteiger partial charge on any atom is -0.330 e. The highest BCUT2D eigenvalue weighted by Crippen LogP contribution is 2.56. The van der Waals surface area contributed by atoms with Crippen LogP contribution in [0, 0.1) is 11.3 Å². The van der Waals surface area contributed by atoms with Crippen molar-refractivity contribution in [1.29, 1.82) is 0 Å². The number of piperidine rings is 1. The first-order valence-corrected chi connectivity index (χ1v) is 10.2. The largest absolute Gasteiger partial charge is 0.330 e. The second-order valence-corrected chi connectivity index (χ2v) is 8.86. The number of rotatable bonds is 4. The molecule has 0 bridgehead atoms. The Morgan fingerprint density at radius 2 is 2.04 bits per heavy atom. The first-order valence-electron chi connectivity index (χ1n) is 10.2. The van der Waals surface area contributed by atoms with Gasteiger partial charge in [-0.1, -0.05) is 12.1 Å². The molecule has 3 fully saturated rings. The summed E-state index contributed by atoms with van der Waals surface area (Å²) in [5.41, 5.74) is 9.29. The highest BCUT2D eigenvalue weighted by Gasteiger charge is 2.53. The van der Waals surface area contributed by atoms with Gasteiger partial charge in [-0.05, 0) is 54.3 Å². The second-order valence-electron chi connectivity index (χ2n) is 8.86. The first kappa shape index (κ1) is 17.8. The van der Waals surface area contributed by atoms with Gasteiger partial charge < -0.3 is 10.6 Å². The predicted octanol–water partition coefficient (Wildman–Crippen LogP) is 0.618. The van der Waals surface area contributed by atoms with E-state index < -0.39 is 6.04 Å². The van der Waals surface area contributed by atoms with Gasteiger partial charge in [0.2, 0.25) is 11.8 Å². The monoisotopic (exact) mass is 382 g/mol. The smallest absolute Gasteiger partial charge is 0.255 e. The van der Waals surface area contributed by atoms with Gasteiger partial charge in [-0.3, -0.25) is 24.6 Å². The topological polar surface area (TPSA) is 95.7 Å². The quantitative estimate of drug-likeness (QED) is 0.745. The lowest BCUT2D eigenvalue weighted by Gasteiger charge is -2.29. The number of nitrogens with two attached hydrogens (primary N) is 1. The summed E-state index contributed by atoms with van der Waals surface area (Å²) in [4.78, 5) is 40.4. The number of nitrogens with zero attached hydrogens (tertiary/aromatic N) is 2. The van der Waals surface area contributed by atoms with Crippen LogP contribution >= 0.6 is 0 Å². The molecule has 3 amide bonds. The Morgan fingerprint density at radius 3 is 2.71 bits per heavy atom. The number of likely N-dealkylation sites (tertiary alicyclic amines) is 1. The third-order valence-electron chi connectivity index (χ3n) is 7.05. The lowest BCUT2D eigenvalue weighted by molar-refractivity contribution is -0.136. The van der Waals surface area contributed by atoms with E-state index in [0.29, 0.717) is 29.9 Å². The number of carbonyl (C=O) groups is 3. The van der Waals surface area contributed by atoms with E-state index in [0.717, 1.165) is 31.7 Å². The van der Waals surface area contributed by atoms with Gasteiger partial charge in [-0.25, -0.2) is 0 Å². The van der Waals surface area contributed by atoms with Gasteiger partial charge in [0.1, 0.15) is 6.04 Å². The van der Waals surface area contributed by atoms with Crippen molar-refractivity contribution in [3.05, 3.63) is 34.9 Å². The molecule has 2 atom stereocenters. The van der Waals surface area contributed by atoms with Crippen LogP contribution in [0.5, 0.6) is 0 Å². The first-order chi connectivity index (χ1) is 13.5. The predicted molar refractivity (Wildman–Crippen MR) is 102 cm³/mol. The number of hydrogen-bond donors (Lipinski definition) is 2. The summed E-state index contributed by atoms with van der Waals surface area (Å²) < 4.78 is 0. The summed E-state index contributed by atoms with van der Waals surface area (Å²) in [6.45, 7) is 4.24. The molecule has 0 radical (unpaired) electrons. The van der Waals surface area contributed by atoms with E-state index in [1.165, 1.54) is 18.4 Å². The summed E-state index contributed by atoms with van der Waals surface area (Å²) in [6.07, 6.45) is 3.27. The van der Waals surface area contributed by atoms with E-state index in [2.05, 4.69) is 16.3 Å². The number of amides is 3. The number of benzene rings is 1. The molecule has 2 unspecified atom stereocenters. The molecule has 1 aromatic rings. The van der Waals surface area contributed by atoms with Crippen LogP contribution in [0.25, 0.3) is 0 Å². The van der Waals surface area contributed by atoms with Gasteiger partial charge in [0.25, 0.3) is 5.91 Å². The van der Waals surface area contributed by atoms with Gasteiger partial charge in [-0.2, -0.15) is 0 Å². The van der Waals surface area contributed by atoms with E-state index in [-0.39, 0.29) is 24.1 Å². The number of fused-ring (bicyclic) bond motifs is 1. The fraction of sp³-hybridized carbons (Fsp3) is 0.571. The van der Waals surface area contributed by atoms with Crippen molar-refractivity contribution in [2.24, 2.45) is 17.1 Å². The number of carbonyl (C=O) groups excluding carboxylic acids is 3. The van der Waals surface area contributed by atoms with Crippen molar-refractivity contribution >= 4 is 17.7 Å². The molecule has 1 aliphatic carbocycles. The lowest BCUT2D eigenvalue weighted by Crippen LogP contribution is -2.52. The van der Waals surface area contributed by atoms with Crippen LogP contribution in [0.3, 0.4) is 0 Å². The average molecular weight is 382 g/mol. The molecule has 28 heavy (non-hydrogen) atoms. The normalized spacial score (nSPS) is 28.8. The molecule has 4 aliphatic rings. The standard InChI is InChI=1S/C21H26N4O3/c22-8-15-11-24(12-21(15)5-6-21)9-13-1-2-16-14(7-13)10-25(20(16)28)17-3-4-18(26)23-19(17)27/h1-2,7,15,17H,3-6,8-12,22H2,(H,23,26,27). The summed E-state index contributed by atoms with van der Waals surface area (Å²) in [7, 11) is 0. The van der Waals surface area contributed by atoms with Crippen LogP contribution in [0.15, 0.2) is 18.2 Å². The molecule has 3 heterocycles. The number of hydrogen-bond acceptors (Lipinski definition) is 5. The van der Waals surface area contributed by atoms with Gasteiger partial charge >= 0.3 is 0 Å². The maximum atomic E-state index is 12.8. The molecule has 1 spiro atoms. The van der Waals surface area contributed by atoms with Gasteiger partial charge in [0.15, 0.2) is 0 Å². The van der Waals surface area contributed by atoms with Crippen LogP contribution in [-0.4, -0.2) is 53.2 Å².